The number of morpholine rings is 2. The summed E-state index contributed by atoms with van der Waals surface area (Å²) in [6.07, 6.45) is 11.0. The molecule has 55 heavy (non-hydrogen) atoms. The van der Waals surface area contributed by atoms with Crippen molar-refractivity contribution in [3.63, 3.8) is 0 Å². The first kappa shape index (κ1) is 38.3. The lowest BCUT2D eigenvalue weighted by Crippen LogP contribution is -2.73. The van der Waals surface area contributed by atoms with Crippen molar-refractivity contribution in [1.82, 2.24) is 35.6 Å². The number of amides is 2. The molecule has 0 bridgehead atoms. The van der Waals surface area contributed by atoms with E-state index in [4.69, 9.17) is 14.2 Å². The molecule has 3 aliphatic carbocycles. The average molecular weight is 770 g/mol. The van der Waals surface area contributed by atoms with E-state index in [0.717, 1.165) is 58.3 Å². The standard InChI is InChI=1S/C41H64FN7O6/c1-46-12-4-5-26(46)8-10-43-22-36(50)45-25-9-13-48(23-25)38-31(42)19-29-37-40(38)55-35-20-28-27-6-2-3-7-33(27)54-34(28)21-32(35)49(37)24-30(39(29)51)41(52)44-11-14-47-15-17-53-18-16-47/h24-29,31-35,37-38,40,43H,2-23H2,1H3,(H,44,52)(H,45,50)/t25-,26?,27?,28?,29?,31?,32?,33?,34?,35?,37?,38?,40?/m1/s1. The van der Waals surface area contributed by atoms with E-state index in [-0.39, 0.29) is 66.5 Å². The van der Waals surface area contributed by atoms with Gasteiger partial charge in [0, 0.05) is 63.5 Å². The number of alkyl halides is 1. The third kappa shape index (κ3) is 7.74. The Labute approximate surface area is 325 Å². The molecule has 12 unspecified atom stereocenters. The van der Waals surface area contributed by atoms with Gasteiger partial charge in [0.25, 0.3) is 5.91 Å². The fourth-order valence-corrected chi connectivity index (χ4v) is 12.3. The van der Waals surface area contributed by atoms with Gasteiger partial charge in [-0.25, -0.2) is 4.39 Å². The molecule has 9 aliphatic rings. The van der Waals surface area contributed by atoms with Crippen LogP contribution in [0.25, 0.3) is 0 Å². The number of nitrogens with one attached hydrogen (secondary N) is 3. The van der Waals surface area contributed by atoms with Crippen LogP contribution in [-0.2, 0) is 28.6 Å². The Bertz CT molecular complexity index is 1450. The summed E-state index contributed by atoms with van der Waals surface area (Å²) in [4.78, 5) is 50.1. The number of nitrogens with zero attached hydrogens (tertiary/aromatic N) is 4. The summed E-state index contributed by atoms with van der Waals surface area (Å²) in [5.74, 6) is -0.374. The number of carbonyl (C=O) groups is 3. The molecule has 0 aromatic rings. The van der Waals surface area contributed by atoms with Crippen molar-refractivity contribution in [2.75, 3.05) is 79.2 Å². The van der Waals surface area contributed by atoms with Gasteiger partial charge in [-0.05, 0) is 89.8 Å². The van der Waals surface area contributed by atoms with Crippen LogP contribution in [0.2, 0.25) is 0 Å². The largest absolute Gasteiger partial charge is 0.379 e. The Balaban J connectivity index is 0.896. The second-order valence-corrected chi connectivity index (χ2v) is 18.2. The zero-order chi connectivity index (χ0) is 37.6. The molecule has 13 atom stereocenters. The minimum absolute atomic E-state index is 0.0228. The van der Waals surface area contributed by atoms with Crippen molar-refractivity contribution in [2.45, 2.75) is 131 Å². The van der Waals surface area contributed by atoms with Gasteiger partial charge in [-0.3, -0.25) is 24.2 Å². The molecule has 5 saturated heterocycles. The highest BCUT2D eigenvalue weighted by Gasteiger charge is 2.62. The Morgan fingerprint density at radius 1 is 0.891 bits per heavy atom. The van der Waals surface area contributed by atoms with Crippen LogP contribution >= 0.6 is 0 Å². The van der Waals surface area contributed by atoms with Gasteiger partial charge in [-0.2, -0.15) is 0 Å². The molecular weight excluding hydrogens is 705 g/mol. The van der Waals surface area contributed by atoms with Crippen LogP contribution in [-0.4, -0.2) is 177 Å². The molecule has 0 radical (unpaired) electrons. The fourth-order valence-electron chi connectivity index (χ4n) is 12.3. The maximum absolute atomic E-state index is 16.8. The maximum Gasteiger partial charge on any atom is 0.256 e. The lowest BCUT2D eigenvalue weighted by molar-refractivity contribution is -0.220. The van der Waals surface area contributed by atoms with Crippen molar-refractivity contribution < 1.29 is 33.0 Å². The van der Waals surface area contributed by atoms with E-state index in [1.807, 2.05) is 6.20 Å². The van der Waals surface area contributed by atoms with Crippen LogP contribution < -0.4 is 16.0 Å². The lowest BCUT2D eigenvalue weighted by atomic mass is 9.67. The van der Waals surface area contributed by atoms with Gasteiger partial charge in [0.05, 0.1) is 67.9 Å². The number of hydrogen-bond donors (Lipinski definition) is 3. The molecule has 3 N–H and O–H groups in total. The zero-order valence-electron chi connectivity index (χ0n) is 32.8. The maximum atomic E-state index is 16.8. The third-order valence-electron chi connectivity index (χ3n) is 15.1. The summed E-state index contributed by atoms with van der Waals surface area (Å²) < 4.78 is 36.2. The zero-order valence-corrected chi connectivity index (χ0v) is 32.8. The predicted octanol–water partition coefficient (Wildman–Crippen LogP) is 1.07. The topological polar surface area (TPSA) is 128 Å². The molecule has 13 nitrogen and oxygen atoms in total. The third-order valence-corrected chi connectivity index (χ3v) is 15.1. The summed E-state index contributed by atoms with van der Waals surface area (Å²) in [6, 6.07) is -0.405. The summed E-state index contributed by atoms with van der Waals surface area (Å²) in [6.45, 7) is 7.59. The van der Waals surface area contributed by atoms with Crippen LogP contribution in [0.3, 0.4) is 0 Å². The van der Waals surface area contributed by atoms with E-state index in [1.54, 1.807) is 0 Å². The molecule has 3 saturated carbocycles. The van der Waals surface area contributed by atoms with Crippen LogP contribution in [0.4, 0.5) is 4.39 Å². The highest BCUT2D eigenvalue weighted by atomic mass is 19.1. The van der Waals surface area contributed by atoms with Gasteiger partial charge in [0.15, 0.2) is 5.78 Å². The number of likely N-dealkylation sites (tertiary alicyclic amines) is 2. The average Bonchev–Trinajstić information content (AvgIpc) is 3.92. The Morgan fingerprint density at radius 3 is 2.58 bits per heavy atom. The Hall–Kier alpha value is -2.20. The molecule has 0 aromatic heterocycles. The summed E-state index contributed by atoms with van der Waals surface area (Å²) in [5, 5.41) is 9.57. The van der Waals surface area contributed by atoms with Crippen LogP contribution in [0.1, 0.15) is 70.6 Å². The molecule has 9 rings (SSSR count). The van der Waals surface area contributed by atoms with Gasteiger partial charge < -0.3 is 40.0 Å². The number of Topliss-reactive ketones (excluding diaryl/α,β-unsaturated/α-hetero) is 1. The Kier molecular flexibility index (Phi) is 11.6. The smallest absolute Gasteiger partial charge is 0.256 e. The number of ether oxygens (including phenoxy) is 3. The Morgan fingerprint density at radius 2 is 1.75 bits per heavy atom. The fraction of sp³-hybridized carbons (Fsp3) is 0.878. The van der Waals surface area contributed by atoms with Crippen molar-refractivity contribution in [2.24, 2.45) is 17.8 Å². The molecule has 8 fully saturated rings. The minimum Gasteiger partial charge on any atom is -0.379 e. The van der Waals surface area contributed by atoms with Gasteiger partial charge in [0.2, 0.25) is 5.91 Å². The monoisotopic (exact) mass is 769 g/mol. The SMILES string of the molecule is CN1CCCC1CCNCC(=O)N[C@@H]1CCN(C2C(F)CC3C(=O)C(C(=O)NCCN4CCOCC4)=CN4C5CC6OC7CCCCC7C6CC5OC2C34)C1. The lowest BCUT2D eigenvalue weighted by Gasteiger charge is -2.61. The van der Waals surface area contributed by atoms with Gasteiger partial charge in [0.1, 0.15) is 6.17 Å². The summed E-state index contributed by atoms with van der Waals surface area (Å²) in [5.41, 5.74) is 0.143. The van der Waals surface area contributed by atoms with E-state index in [1.165, 1.54) is 32.1 Å². The van der Waals surface area contributed by atoms with E-state index < -0.39 is 24.2 Å². The van der Waals surface area contributed by atoms with Crippen molar-refractivity contribution in [3.8, 4) is 0 Å². The number of halogens is 1. The summed E-state index contributed by atoms with van der Waals surface area (Å²) in [7, 11) is 2.17. The summed E-state index contributed by atoms with van der Waals surface area (Å²) >= 11 is 0. The molecule has 0 spiro atoms. The minimum atomic E-state index is -1.30. The molecule has 2 amide bonds. The normalized spacial score (nSPS) is 41.9. The molecular formula is C41H64FN7O6. The van der Waals surface area contributed by atoms with Gasteiger partial charge in [-0.15, -0.1) is 0 Å². The first-order valence-electron chi connectivity index (χ1n) is 21.8. The van der Waals surface area contributed by atoms with E-state index in [2.05, 4.69) is 42.6 Å². The first-order valence-corrected chi connectivity index (χ1v) is 21.8. The molecule has 306 valence electrons. The predicted molar refractivity (Wildman–Crippen MR) is 203 cm³/mol. The second-order valence-electron chi connectivity index (χ2n) is 18.2. The van der Waals surface area contributed by atoms with E-state index in [9.17, 15) is 14.4 Å². The van der Waals surface area contributed by atoms with Crippen molar-refractivity contribution in [1.29, 1.82) is 0 Å². The van der Waals surface area contributed by atoms with Gasteiger partial charge >= 0.3 is 0 Å². The number of carbonyl (C=O) groups excluding carboxylic acids is 3. The van der Waals surface area contributed by atoms with Crippen LogP contribution in [0, 0.1) is 17.8 Å². The molecule has 6 aliphatic heterocycles. The quantitative estimate of drug-likeness (QED) is 0.207. The van der Waals surface area contributed by atoms with E-state index >= 15 is 4.39 Å². The molecule has 14 heteroatoms. The number of ketones is 1. The molecule has 0 aromatic carbocycles. The highest BCUT2D eigenvalue weighted by Crippen LogP contribution is 2.53. The van der Waals surface area contributed by atoms with Crippen LogP contribution in [0.5, 0.6) is 0 Å². The van der Waals surface area contributed by atoms with Crippen LogP contribution in [0.15, 0.2) is 11.8 Å². The number of rotatable bonds is 11. The van der Waals surface area contributed by atoms with E-state index in [0.29, 0.717) is 63.4 Å². The number of fused-ring (bicyclic) bond motifs is 5. The second kappa shape index (κ2) is 16.6. The highest BCUT2D eigenvalue weighted by molar-refractivity contribution is 6.20. The van der Waals surface area contributed by atoms with Crippen molar-refractivity contribution in [3.05, 3.63) is 11.8 Å². The molecule has 6 heterocycles. The first-order chi connectivity index (χ1) is 26.8. The van der Waals surface area contributed by atoms with Gasteiger partial charge in [-0.1, -0.05) is 12.8 Å². The van der Waals surface area contributed by atoms with Crippen molar-refractivity contribution >= 4 is 17.6 Å². The number of hydrogen-bond acceptors (Lipinski definition) is 11.